The van der Waals surface area contributed by atoms with Gasteiger partial charge < -0.3 is 15.7 Å². The molecule has 1 aliphatic rings. The molecule has 1 aliphatic heterocycles. The highest BCUT2D eigenvalue weighted by Gasteiger charge is 2.22. The number of amides is 3. The summed E-state index contributed by atoms with van der Waals surface area (Å²) in [6, 6.07) is 4.72. The first-order valence-corrected chi connectivity index (χ1v) is 8.22. The maximum absolute atomic E-state index is 12.2. The highest BCUT2D eigenvalue weighted by atomic mass is 35.5. The summed E-state index contributed by atoms with van der Waals surface area (Å²) in [5, 5.41) is 14.3. The Morgan fingerprint density at radius 2 is 2.08 bits per heavy atom. The molecule has 1 fully saturated rings. The summed E-state index contributed by atoms with van der Waals surface area (Å²) in [4.78, 5) is 35.9. The molecule has 1 saturated heterocycles. The van der Waals surface area contributed by atoms with E-state index in [1.54, 1.807) is 23.1 Å². The number of carbonyl (C=O) groups is 3. The van der Waals surface area contributed by atoms with Crippen molar-refractivity contribution in [2.24, 2.45) is 0 Å². The predicted octanol–water partition coefficient (Wildman–Crippen LogP) is 2.24. The van der Waals surface area contributed by atoms with Crippen LogP contribution in [0.1, 0.15) is 36.0 Å². The molecule has 0 saturated carbocycles. The van der Waals surface area contributed by atoms with Gasteiger partial charge in [-0.2, -0.15) is 0 Å². The standard InChI is InChI=1S/C16H20ClN3O4/c17-13-6-5-11(20-9-8-19-16(20)24)10-12(13)15(23)18-7-3-1-2-4-14(21)22/h5-6,10H,1-4,7-9H2,(H,18,23)(H,19,24)(H,21,22). The second-order valence-corrected chi connectivity index (χ2v) is 5.92. The molecule has 0 bridgehead atoms. The molecule has 0 spiro atoms. The molecular weight excluding hydrogens is 334 g/mol. The van der Waals surface area contributed by atoms with Crippen LogP contribution in [-0.2, 0) is 4.79 Å². The number of halogens is 1. The van der Waals surface area contributed by atoms with Gasteiger partial charge in [-0.1, -0.05) is 18.0 Å². The van der Waals surface area contributed by atoms with Crippen molar-refractivity contribution in [3.8, 4) is 0 Å². The summed E-state index contributed by atoms with van der Waals surface area (Å²) >= 11 is 6.09. The molecule has 130 valence electrons. The lowest BCUT2D eigenvalue weighted by Crippen LogP contribution is -2.29. The van der Waals surface area contributed by atoms with Crippen LogP contribution < -0.4 is 15.5 Å². The Balaban J connectivity index is 1.89. The van der Waals surface area contributed by atoms with Crippen LogP contribution in [0.4, 0.5) is 10.5 Å². The predicted molar refractivity (Wildman–Crippen MR) is 90.6 cm³/mol. The summed E-state index contributed by atoms with van der Waals surface area (Å²) in [5.74, 6) is -1.12. The maximum Gasteiger partial charge on any atom is 0.321 e. The molecule has 2 rings (SSSR count). The van der Waals surface area contributed by atoms with Crippen LogP contribution in [-0.4, -0.2) is 42.6 Å². The average molecular weight is 354 g/mol. The number of benzene rings is 1. The SMILES string of the molecule is O=C(O)CCCCCNC(=O)c1cc(N2CCNC2=O)ccc1Cl. The van der Waals surface area contributed by atoms with Gasteiger partial charge in [0.05, 0.1) is 10.6 Å². The van der Waals surface area contributed by atoms with E-state index in [0.29, 0.717) is 48.7 Å². The zero-order valence-corrected chi connectivity index (χ0v) is 13.9. The first-order valence-electron chi connectivity index (χ1n) is 7.84. The molecule has 3 N–H and O–H groups in total. The van der Waals surface area contributed by atoms with Gasteiger partial charge in [-0.05, 0) is 31.0 Å². The van der Waals surface area contributed by atoms with Gasteiger partial charge in [-0.25, -0.2) is 4.79 Å². The number of nitrogens with zero attached hydrogens (tertiary/aromatic N) is 1. The Labute approximate surface area is 145 Å². The summed E-state index contributed by atoms with van der Waals surface area (Å²) in [5.41, 5.74) is 0.945. The largest absolute Gasteiger partial charge is 0.481 e. The van der Waals surface area contributed by atoms with Crippen LogP contribution >= 0.6 is 11.6 Å². The van der Waals surface area contributed by atoms with Gasteiger partial charge in [0, 0.05) is 31.7 Å². The molecule has 1 aromatic carbocycles. The third kappa shape index (κ3) is 4.86. The number of carboxylic acid groups (broad SMARTS) is 1. The Bertz CT molecular complexity index is 636. The zero-order chi connectivity index (χ0) is 17.5. The van der Waals surface area contributed by atoms with Crippen LogP contribution in [0, 0.1) is 0 Å². The van der Waals surface area contributed by atoms with Crippen molar-refractivity contribution in [1.29, 1.82) is 0 Å². The first-order chi connectivity index (χ1) is 11.5. The molecule has 0 atom stereocenters. The number of unbranched alkanes of at least 4 members (excludes halogenated alkanes) is 2. The number of carbonyl (C=O) groups excluding carboxylic acids is 2. The molecule has 24 heavy (non-hydrogen) atoms. The lowest BCUT2D eigenvalue weighted by molar-refractivity contribution is -0.137. The third-order valence-electron chi connectivity index (χ3n) is 3.72. The van der Waals surface area contributed by atoms with Crippen LogP contribution in [0.3, 0.4) is 0 Å². The minimum Gasteiger partial charge on any atom is -0.481 e. The second-order valence-electron chi connectivity index (χ2n) is 5.51. The molecule has 0 unspecified atom stereocenters. The Morgan fingerprint density at radius 3 is 2.75 bits per heavy atom. The van der Waals surface area contributed by atoms with E-state index in [2.05, 4.69) is 10.6 Å². The Morgan fingerprint density at radius 1 is 1.29 bits per heavy atom. The van der Waals surface area contributed by atoms with Crippen molar-refractivity contribution >= 4 is 35.2 Å². The van der Waals surface area contributed by atoms with Gasteiger partial charge in [-0.3, -0.25) is 14.5 Å². The normalized spacial score (nSPS) is 13.7. The van der Waals surface area contributed by atoms with E-state index in [4.69, 9.17) is 16.7 Å². The number of anilines is 1. The number of hydrogen-bond donors (Lipinski definition) is 3. The monoisotopic (exact) mass is 353 g/mol. The first kappa shape index (κ1) is 18.1. The van der Waals surface area contributed by atoms with Crippen LogP contribution in [0.25, 0.3) is 0 Å². The van der Waals surface area contributed by atoms with Gasteiger partial charge in [-0.15, -0.1) is 0 Å². The number of carboxylic acids is 1. The van der Waals surface area contributed by atoms with E-state index >= 15 is 0 Å². The van der Waals surface area contributed by atoms with E-state index in [1.807, 2.05) is 0 Å². The maximum atomic E-state index is 12.2. The lowest BCUT2D eigenvalue weighted by atomic mass is 10.1. The fourth-order valence-electron chi connectivity index (χ4n) is 2.45. The van der Waals surface area contributed by atoms with E-state index in [-0.39, 0.29) is 18.4 Å². The van der Waals surface area contributed by atoms with Gasteiger partial charge in [0.2, 0.25) is 0 Å². The molecular formula is C16H20ClN3O4. The van der Waals surface area contributed by atoms with Crippen molar-refractivity contribution in [3.63, 3.8) is 0 Å². The average Bonchev–Trinajstić information content (AvgIpc) is 2.97. The lowest BCUT2D eigenvalue weighted by Gasteiger charge is -2.16. The van der Waals surface area contributed by atoms with Crippen LogP contribution in [0.2, 0.25) is 5.02 Å². The third-order valence-corrected chi connectivity index (χ3v) is 4.05. The zero-order valence-electron chi connectivity index (χ0n) is 13.2. The highest BCUT2D eigenvalue weighted by molar-refractivity contribution is 6.34. The summed E-state index contributed by atoms with van der Waals surface area (Å²) < 4.78 is 0. The molecule has 3 amide bonds. The topological polar surface area (TPSA) is 98.7 Å². The Hall–Kier alpha value is -2.28. The number of hydrogen-bond acceptors (Lipinski definition) is 3. The van der Waals surface area contributed by atoms with Crippen molar-refractivity contribution in [2.45, 2.75) is 25.7 Å². The number of aliphatic carboxylic acids is 1. The number of nitrogens with one attached hydrogen (secondary N) is 2. The second kappa shape index (κ2) is 8.54. The summed E-state index contributed by atoms with van der Waals surface area (Å²) in [6.45, 7) is 1.56. The minimum atomic E-state index is -0.811. The van der Waals surface area contributed by atoms with Crippen molar-refractivity contribution in [3.05, 3.63) is 28.8 Å². The molecule has 8 heteroatoms. The quantitative estimate of drug-likeness (QED) is 0.624. The van der Waals surface area contributed by atoms with Crippen LogP contribution in [0.5, 0.6) is 0 Å². The highest BCUT2D eigenvalue weighted by Crippen LogP contribution is 2.24. The number of urea groups is 1. The van der Waals surface area contributed by atoms with Gasteiger partial charge in [0.25, 0.3) is 5.91 Å². The molecule has 0 aromatic heterocycles. The van der Waals surface area contributed by atoms with Crippen molar-refractivity contribution in [2.75, 3.05) is 24.5 Å². The van der Waals surface area contributed by atoms with Gasteiger partial charge >= 0.3 is 12.0 Å². The molecule has 1 heterocycles. The van der Waals surface area contributed by atoms with Gasteiger partial charge in [0.1, 0.15) is 0 Å². The van der Waals surface area contributed by atoms with Crippen molar-refractivity contribution < 1.29 is 19.5 Å². The van der Waals surface area contributed by atoms with Crippen molar-refractivity contribution in [1.82, 2.24) is 10.6 Å². The Kier molecular flexibility index (Phi) is 6.43. The van der Waals surface area contributed by atoms with E-state index in [0.717, 1.165) is 6.42 Å². The molecule has 0 aliphatic carbocycles. The minimum absolute atomic E-state index is 0.139. The molecule has 1 aromatic rings. The molecule has 7 nitrogen and oxygen atoms in total. The smallest absolute Gasteiger partial charge is 0.321 e. The van der Waals surface area contributed by atoms with E-state index in [9.17, 15) is 14.4 Å². The summed E-state index contributed by atoms with van der Waals surface area (Å²) in [7, 11) is 0. The van der Waals surface area contributed by atoms with Gasteiger partial charge in [0.15, 0.2) is 0 Å². The molecule has 0 radical (unpaired) electrons. The summed E-state index contributed by atoms with van der Waals surface area (Å²) in [6.07, 6.45) is 2.16. The number of rotatable bonds is 8. The van der Waals surface area contributed by atoms with E-state index < -0.39 is 5.97 Å². The fourth-order valence-corrected chi connectivity index (χ4v) is 2.65. The fraction of sp³-hybridized carbons (Fsp3) is 0.438. The van der Waals surface area contributed by atoms with E-state index in [1.165, 1.54) is 0 Å². The van der Waals surface area contributed by atoms with Crippen LogP contribution in [0.15, 0.2) is 18.2 Å².